The van der Waals surface area contributed by atoms with Gasteiger partial charge in [0, 0.05) is 29.7 Å². The van der Waals surface area contributed by atoms with Gasteiger partial charge in [-0.1, -0.05) is 18.2 Å². The van der Waals surface area contributed by atoms with Gasteiger partial charge in [0.25, 0.3) is 0 Å². The highest BCUT2D eigenvalue weighted by Gasteiger charge is 2.30. The molecule has 0 radical (unpaired) electrons. The van der Waals surface area contributed by atoms with Crippen LogP contribution in [-0.2, 0) is 16.2 Å². The summed E-state index contributed by atoms with van der Waals surface area (Å²) in [6.07, 6.45) is -2.67. The van der Waals surface area contributed by atoms with E-state index in [0.29, 0.717) is 23.9 Å². The van der Waals surface area contributed by atoms with Crippen LogP contribution in [0.25, 0.3) is 11.3 Å². The van der Waals surface area contributed by atoms with Gasteiger partial charge in [-0.25, -0.2) is 13.4 Å². The van der Waals surface area contributed by atoms with Crippen LogP contribution in [0.15, 0.2) is 58.8 Å². The molecule has 0 saturated carbocycles. The molecule has 1 saturated heterocycles. The lowest BCUT2D eigenvalue weighted by atomic mass is 10.2. The van der Waals surface area contributed by atoms with E-state index in [1.54, 1.807) is 29.6 Å². The number of anilines is 2. The van der Waals surface area contributed by atoms with Crippen molar-refractivity contribution in [3.8, 4) is 11.3 Å². The van der Waals surface area contributed by atoms with Crippen LogP contribution in [0, 0.1) is 0 Å². The van der Waals surface area contributed by atoms with Crippen molar-refractivity contribution < 1.29 is 21.6 Å². The highest BCUT2D eigenvalue weighted by atomic mass is 79.9. The molecule has 1 fully saturated rings. The normalized spacial score (nSPS) is 14.9. The lowest BCUT2D eigenvalue weighted by Crippen LogP contribution is -2.27. The number of hydrogen-bond donors (Lipinski definition) is 1. The summed E-state index contributed by atoms with van der Waals surface area (Å²) in [6.45, 7) is 1.08. The molecule has 31 heavy (non-hydrogen) atoms. The van der Waals surface area contributed by atoms with Crippen molar-refractivity contribution in [2.75, 3.05) is 18.4 Å². The average Bonchev–Trinajstić information content (AvgIpc) is 3.40. The molecular weight excluding hydrogens is 515 g/mol. The van der Waals surface area contributed by atoms with E-state index in [0.717, 1.165) is 30.5 Å². The van der Waals surface area contributed by atoms with E-state index in [4.69, 9.17) is 0 Å². The van der Waals surface area contributed by atoms with Crippen LogP contribution < -0.4 is 5.32 Å². The van der Waals surface area contributed by atoms with E-state index in [1.807, 2.05) is 0 Å². The quantitative estimate of drug-likeness (QED) is 0.441. The first kappa shape index (κ1) is 23.7. The van der Waals surface area contributed by atoms with Crippen LogP contribution in [0.2, 0.25) is 0 Å². The van der Waals surface area contributed by atoms with Crippen molar-refractivity contribution >= 4 is 49.2 Å². The van der Waals surface area contributed by atoms with E-state index in [2.05, 4.69) is 10.3 Å². The van der Waals surface area contributed by atoms with Gasteiger partial charge in [0.05, 0.1) is 16.2 Å². The molecule has 0 aliphatic carbocycles. The zero-order valence-electron chi connectivity index (χ0n) is 16.1. The monoisotopic (exact) mass is 533 g/mol. The van der Waals surface area contributed by atoms with Gasteiger partial charge in [0.15, 0.2) is 5.13 Å². The molecule has 2 aromatic carbocycles. The Kier molecular flexibility index (Phi) is 7.09. The van der Waals surface area contributed by atoms with Gasteiger partial charge in [0.2, 0.25) is 10.0 Å². The molecule has 0 atom stereocenters. The minimum Gasteiger partial charge on any atom is -0.332 e. The van der Waals surface area contributed by atoms with Gasteiger partial charge in [-0.2, -0.15) is 17.5 Å². The molecule has 0 amide bonds. The Morgan fingerprint density at radius 3 is 2.35 bits per heavy atom. The van der Waals surface area contributed by atoms with Crippen LogP contribution in [0.4, 0.5) is 24.0 Å². The fraction of sp³-hybridized carbons (Fsp3) is 0.250. The third-order valence-electron chi connectivity index (χ3n) is 4.80. The van der Waals surface area contributed by atoms with Crippen LogP contribution in [0.1, 0.15) is 18.4 Å². The summed E-state index contributed by atoms with van der Waals surface area (Å²) in [5.74, 6) is 0. The number of halogens is 4. The number of thiazole rings is 1. The summed E-state index contributed by atoms with van der Waals surface area (Å²) in [6, 6.07) is 11.4. The summed E-state index contributed by atoms with van der Waals surface area (Å²) >= 11 is 1.25. The number of sulfonamides is 1. The minimum atomic E-state index is -4.41. The summed E-state index contributed by atoms with van der Waals surface area (Å²) in [7, 11) is -3.48. The van der Waals surface area contributed by atoms with Crippen molar-refractivity contribution in [3.05, 3.63) is 59.5 Å². The van der Waals surface area contributed by atoms with E-state index in [1.165, 1.54) is 27.8 Å². The van der Waals surface area contributed by atoms with Gasteiger partial charge in [-0.15, -0.1) is 28.3 Å². The molecule has 5 nitrogen and oxygen atoms in total. The van der Waals surface area contributed by atoms with Gasteiger partial charge in [-0.05, 0) is 43.2 Å². The fourth-order valence-electron chi connectivity index (χ4n) is 3.24. The molecule has 1 aliphatic heterocycles. The van der Waals surface area contributed by atoms with Gasteiger partial charge in [0.1, 0.15) is 0 Å². The standard InChI is InChI=1S/C20H18F3N3O2S2.BrH/c21-20(22,23)15-4-3-5-16(12-15)24-19-25-18(13-29-19)14-6-8-17(9-7-14)30(27,28)26-10-1-2-11-26;/h3-9,12-13H,1-2,10-11H2,(H,24,25);1H. The van der Waals surface area contributed by atoms with Crippen LogP contribution >= 0.6 is 28.3 Å². The molecule has 1 aromatic heterocycles. The molecule has 0 unspecified atom stereocenters. The molecule has 166 valence electrons. The topological polar surface area (TPSA) is 62.3 Å². The van der Waals surface area contributed by atoms with E-state index in [9.17, 15) is 21.6 Å². The Hall–Kier alpha value is -1.95. The Morgan fingerprint density at radius 2 is 1.71 bits per heavy atom. The Bertz CT molecular complexity index is 1140. The highest BCUT2D eigenvalue weighted by Crippen LogP contribution is 2.33. The molecule has 2 heterocycles. The SMILES string of the molecule is Br.O=S(=O)(c1ccc(-c2csc(Nc3cccc(C(F)(F)F)c3)n2)cc1)N1CCCC1. The lowest BCUT2D eigenvalue weighted by Gasteiger charge is -2.15. The molecule has 11 heteroatoms. The molecule has 0 bridgehead atoms. The lowest BCUT2D eigenvalue weighted by molar-refractivity contribution is -0.137. The van der Waals surface area contributed by atoms with E-state index >= 15 is 0 Å². The number of alkyl halides is 3. The smallest absolute Gasteiger partial charge is 0.332 e. The average molecular weight is 534 g/mol. The first-order valence-corrected chi connectivity index (χ1v) is 11.6. The predicted molar refractivity (Wildman–Crippen MR) is 121 cm³/mol. The van der Waals surface area contributed by atoms with Crippen molar-refractivity contribution in [1.29, 1.82) is 0 Å². The third-order valence-corrected chi connectivity index (χ3v) is 7.47. The van der Waals surface area contributed by atoms with Crippen LogP contribution in [-0.4, -0.2) is 30.8 Å². The summed E-state index contributed by atoms with van der Waals surface area (Å²) in [5.41, 5.74) is 0.889. The summed E-state index contributed by atoms with van der Waals surface area (Å²) in [5, 5.41) is 5.09. The number of benzene rings is 2. The van der Waals surface area contributed by atoms with Gasteiger partial charge < -0.3 is 5.32 Å². The summed E-state index contributed by atoms with van der Waals surface area (Å²) in [4.78, 5) is 4.64. The third kappa shape index (κ3) is 5.28. The number of hydrogen-bond acceptors (Lipinski definition) is 5. The molecule has 4 rings (SSSR count). The Balaban J connectivity index is 0.00000272. The maximum absolute atomic E-state index is 12.9. The first-order chi connectivity index (χ1) is 14.2. The molecule has 0 spiro atoms. The minimum absolute atomic E-state index is 0. The maximum atomic E-state index is 12.9. The van der Waals surface area contributed by atoms with Gasteiger partial charge in [-0.3, -0.25) is 0 Å². The predicted octanol–water partition coefficient (Wildman–Crippen LogP) is 5.93. The van der Waals surface area contributed by atoms with Crippen LogP contribution in [0.3, 0.4) is 0 Å². The second-order valence-corrected chi connectivity index (χ2v) is 9.67. The zero-order valence-corrected chi connectivity index (χ0v) is 19.4. The second kappa shape index (κ2) is 9.27. The van der Waals surface area contributed by atoms with Crippen molar-refractivity contribution in [2.24, 2.45) is 0 Å². The number of rotatable bonds is 5. The van der Waals surface area contributed by atoms with Crippen LogP contribution in [0.5, 0.6) is 0 Å². The van der Waals surface area contributed by atoms with Crippen molar-refractivity contribution in [3.63, 3.8) is 0 Å². The largest absolute Gasteiger partial charge is 0.416 e. The molecule has 3 aromatic rings. The molecule has 1 aliphatic rings. The Labute approximate surface area is 192 Å². The fourth-order valence-corrected chi connectivity index (χ4v) is 5.49. The zero-order chi connectivity index (χ0) is 21.4. The number of nitrogens with zero attached hydrogens (tertiary/aromatic N) is 2. The Morgan fingerprint density at radius 1 is 1.03 bits per heavy atom. The van der Waals surface area contributed by atoms with E-state index < -0.39 is 21.8 Å². The molecule has 1 N–H and O–H groups in total. The van der Waals surface area contributed by atoms with E-state index in [-0.39, 0.29) is 27.6 Å². The highest BCUT2D eigenvalue weighted by molar-refractivity contribution is 8.93. The van der Waals surface area contributed by atoms with Crippen molar-refractivity contribution in [1.82, 2.24) is 9.29 Å². The summed E-state index contributed by atoms with van der Waals surface area (Å²) < 4.78 is 65.3. The van der Waals surface area contributed by atoms with Gasteiger partial charge >= 0.3 is 6.18 Å². The maximum Gasteiger partial charge on any atom is 0.416 e. The number of aromatic nitrogens is 1. The van der Waals surface area contributed by atoms with Crippen molar-refractivity contribution in [2.45, 2.75) is 23.9 Å². The second-order valence-electron chi connectivity index (χ2n) is 6.88. The first-order valence-electron chi connectivity index (χ1n) is 9.24. The molecular formula is C20H19BrF3N3O2S2. The number of nitrogens with one attached hydrogen (secondary N) is 1.